The van der Waals surface area contributed by atoms with Gasteiger partial charge in [-0.15, -0.1) is 11.8 Å². The lowest BCUT2D eigenvalue weighted by atomic mass is 9.98. The Labute approximate surface area is 135 Å². The third-order valence-electron chi connectivity index (χ3n) is 3.80. The van der Waals surface area contributed by atoms with E-state index in [1.807, 2.05) is 6.26 Å². The fraction of sp³-hybridized carbons (Fsp3) is 0.571. The van der Waals surface area contributed by atoms with Crippen molar-refractivity contribution in [1.82, 2.24) is 14.6 Å². The van der Waals surface area contributed by atoms with E-state index in [1.165, 1.54) is 22.3 Å². The van der Waals surface area contributed by atoms with Gasteiger partial charge in [0.25, 0.3) is 5.91 Å². The molecule has 0 aliphatic carbocycles. The second kappa shape index (κ2) is 7.43. The van der Waals surface area contributed by atoms with E-state index in [0.717, 1.165) is 12.8 Å². The van der Waals surface area contributed by atoms with Crippen molar-refractivity contribution in [3.8, 4) is 0 Å². The second-order valence-corrected chi connectivity index (χ2v) is 8.15. The van der Waals surface area contributed by atoms with E-state index in [-0.39, 0.29) is 5.91 Å². The predicted molar refractivity (Wildman–Crippen MR) is 87.5 cm³/mol. The molecule has 0 spiro atoms. The maximum Gasteiger partial charge on any atom is 0.254 e. The summed E-state index contributed by atoms with van der Waals surface area (Å²) in [5.41, 5.74) is 0.587. The Balaban J connectivity index is 1.85. The van der Waals surface area contributed by atoms with Crippen LogP contribution in [0.5, 0.6) is 0 Å². The van der Waals surface area contributed by atoms with Crippen molar-refractivity contribution in [2.45, 2.75) is 17.9 Å². The molecule has 1 aromatic heterocycles. The Hall–Kier alpha value is -1.12. The maximum absolute atomic E-state index is 12.2. The van der Waals surface area contributed by atoms with Crippen molar-refractivity contribution in [2.75, 3.05) is 32.1 Å². The molecule has 0 aromatic carbocycles. The van der Waals surface area contributed by atoms with Crippen LogP contribution in [0, 0.1) is 5.92 Å². The Bertz CT molecular complexity index is 626. The summed E-state index contributed by atoms with van der Waals surface area (Å²) in [4.78, 5) is 16.4. The minimum Gasteiger partial charge on any atom is -0.352 e. The minimum absolute atomic E-state index is 0.122. The average molecular weight is 343 g/mol. The van der Waals surface area contributed by atoms with E-state index in [1.54, 1.807) is 18.3 Å². The van der Waals surface area contributed by atoms with Crippen LogP contribution in [-0.4, -0.2) is 55.8 Å². The number of rotatable bonds is 5. The summed E-state index contributed by atoms with van der Waals surface area (Å²) >= 11 is 1.44. The molecule has 1 N–H and O–H groups in total. The van der Waals surface area contributed by atoms with Crippen LogP contribution in [0.1, 0.15) is 23.2 Å². The molecular formula is C14H21N3O3S2. The molecule has 1 amide bonds. The third-order valence-corrected chi connectivity index (χ3v) is 5.82. The summed E-state index contributed by atoms with van der Waals surface area (Å²) in [5, 5.41) is 3.65. The molecule has 0 unspecified atom stereocenters. The van der Waals surface area contributed by atoms with Gasteiger partial charge in [-0.05, 0) is 37.1 Å². The number of piperidine rings is 1. The standard InChI is InChI=1S/C14H21N3O3S2/c1-21-14-12(4-3-7-15-14)13(18)16-10-11-5-8-17(9-6-11)22(2,19)20/h3-4,7,11H,5-6,8-10H2,1-2H3,(H,16,18). The quantitative estimate of drug-likeness (QED) is 0.813. The van der Waals surface area contributed by atoms with E-state index in [0.29, 0.717) is 36.1 Å². The van der Waals surface area contributed by atoms with Crippen molar-refractivity contribution in [1.29, 1.82) is 0 Å². The summed E-state index contributed by atoms with van der Waals surface area (Å²) in [6, 6.07) is 3.51. The van der Waals surface area contributed by atoms with Gasteiger partial charge in [0.05, 0.1) is 11.8 Å². The van der Waals surface area contributed by atoms with Crippen LogP contribution in [0.25, 0.3) is 0 Å². The fourth-order valence-electron chi connectivity index (χ4n) is 2.50. The lowest BCUT2D eigenvalue weighted by Crippen LogP contribution is -2.41. The topological polar surface area (TPSA) is 79.4 Å². The number of carbonyl (C=O) groups excluding carboxylic acids is 1. The number of pyridine rings is 1. The molecule has 8 heteroatoms. The minimum atomic E-state index is -3.10. The zero-order valence-corrected chi connectivity index (χ0v) is 14.4. The van der Waals surface area contributed by atoms with Gasteiger partial charge in [-0.3, -0.25) is 4.79 Å². The molecule has 0 bridgehead atoms. The number of thioether (sulfide) groups is 1. The van der Waals surface area contributed by atoms with Crippen molar-refractivity contribution in [3.63, 3.8) is 0 Å². The fourth-order valence-corrected chi connectivity index (χ4v) is 3.92. The van der Waals surface area contributed by atoms with Gasteiger partial charge in [-0.25, -0.2) is 17.7 Å². The smallest absolute Gasteiger partial charge is 0.254 e. The summed E-state index contributed by atoms with van der Waals surface area (Å²) in [6.45, 7) is 1.63. The summed E-state index contributed by atoms with van der Waals surface area (Å²) in [7, 11) is -3.10. The van der Waals surface area contributed by atoms with Crippen LogP contribution in [0.15, 0.2) is 23.4 Å². The van der Waals surface area contributed by atoms with E-state index in [4.69, 9.17) is 0 Å². The Kier molecular flexibility index (Phi) is 5.82. The Morgan fingerprint density at radius 2 is 2.14 bits per heavy atom. The highest BCUT2D eigenvalue weighted by Crippen LogP contribution is 2.19. The van der Waals surface area contributed by atoms with E-state index >= 15 is 0 Å². The second-order valence-electron chi connectivity index (χ2n) is 5.38. The number of aromatic nitrogens is 1. The zero-order valence-electron chi connectivity index (χ0n) is 12.8. The number of hydrogen-bond acceptors (Lipinski definition) is 5. The SMILES string of the molecule is CSc1ncccc1C(=O)NCC1CCN(S(C)(=O)=O)CC1. The van der Waals surface area contributed by atoms with Gasteiger partial charge in [0, 0.05) is 25.8 Å². The highest BCUT2D eigenvalue weighted by molar-refractivity contribution is 7.98. The van der Waals surface area contributed by atoms with Gasteiger partial charge in [0.2, 0.25) is 10.0 Å². The molecule has 1 aliphatic heterocycles. The van der Waals surface area contributed by atoms with Gasteiger partial charge >= 0.3 is 0 Å². The third kappa shape index (κ3) is 4.44. The van der Waals surface area contributed by atoms with Crippen LogP contribution < -0.4 is 5.32 Å². The molecule has 0 radical (unpaired) electrons. The molecule has 2 heterocycles. The molecule has 1 fully saturated rings. The number of nitrogens with one attached hydrogen (secondary N) is 1. The van der Waals surface area contributed by atoms with Gasteiger partial charge in [0.15, 0.2) is 0 Å². The van der Waals surface area contributed by atoms with Crippen LogP contribution in [0.3, 0.4) is 0 Å². The first-order chi connectivity index (χ1) is 10.4. The molecule has 22 heavy (non-hydrogen) atoms. The molecule has 6 nitrogen and oxygen atoms in total. The molecule has 2 rings (SSSR count). The number of hydrogen-bond donors (Lipinski definition) is 1. The molecule has 0 saturated carbocycles. The summed E-state index contributed by atoms with van der Waals surface area (Å²) in [6.07, 6.45) is 6.34. The monoisotopic (exact) mass is 343 g/mol. The average Bonchev–Trinajstić information content (AvgIpc) is 2.52. The Morgan fingerprint density at radius 1 is 1.45 bits per heavy atom. The first-order valence-corrected chi connectivity index (χ1v) is 10.2. The van der Waals surface area contributed by atoms with Crippen molar-refractivity contribution in [3.05, 3.63) is 23.9 Å². The Morgan fingerprint density at radius 3 is 2.73 bits per heavy atom. The first kappa shape index (κ1) is 17.2. The largest absolute Gasteiger partial charge is 0.352 e. The predicted octanol–water partition coefficient (Wildman–Crippen LogP) is 1.20. The van der Waals surface area contributed by atoms with Gasteiger partial charge < -0.3 is 5.32 Å². The maximum atomic E-state index is 12.2. The van der Waals surface area contributed by atoms with Crippen molar-refractivity contribution < 1.29 is 13.2 Å². The van der Waals surface area contributed by atoms with Crippen LogP contribution in [-0.2, 0) is 10.0 Å². The summed E-state index contributed by atoms with van der Waals surface area (Å²) in [5.74, 6) is 0.194. The van der Waals surface area contributed by atoms with Crippen molar-refractivity contribution in [2.24, 2.45) is 5.92 Å². The summed E-state index contributed by atoms with van der Waals surface area (Å²) < 4.78 is 24.4. The lowest BCUT2D eigenvalue weighted by Gasteiger charge is -2.30. The number of amides is 1. The van der Waals surface area contributed by atoms with Crippen LogP contribution >= 0.6 is 11.8 Å². The molecule has 0 atom stereocenters. The number of carbonyl (C=O) groups is 1. The number of sulfonamides is 1. The van der Waals surface area contributed by atoms with E-state index in [9.17, 15) is 13.2 Å². The molecular weight excluding hydrogens is 322 g/mol. The highest BCUT2D eigenvalue weighted by Gasteiger charge is 2.25. The first-order valence-electron chi connectivity index (χ1n) is 7.14. The van der Waals surface area contributed by atoms with E-state index in [2.05, 4.69) is 10.3 Å². The molecule has 1 aliphatic rings. The molecule has 1 aromatic rings. The van der Waals surface area contributed by atoms with E-state index < -0.39 is 10.0 Å². The number of nitrogens with zero attached hydrogens (tertiary/aromatic N) is 2. The zero-order chi connectivity index (χ0) is 16.2. The van der Waals surface area contributed by atoms with Gasteiger partial charge in [-0.1, -0.05) is 0 Å². The highest BCUT2D eigenvalue weighted by atomic mass is 32.2. The molecule has 1 saturated heterocycles. The van der Waals surface area contributed by atoms with Crippen molar-refractivity contribution >= 4 is 27.7 Å². The molecule has 122 valence electrons. The van der Waals surface area contributed by atoms with Crippen LogP contribution in [0.2, 0.25) is 0 Å². The lowest BCUT2D eigenvalue weighted by molar-refractivity contribution is 0.0938. The van der Waals surface area contributed by atoms with Crippen LogP contribution in [0.4, 0.5) is 0 Å². The van der Waals surface area contributed by atoms with Gasteiger partial charge in [0.1, 0.15) is 5.03 Å². The van der Waals surface area contributed by atoms with Gasteiger partial charge in [-0.2, -0.15) is 0 Å². The normalized spacial score (nSPS) is 17.4.